The van der Waals surface area contributed by atoms with Crippen LogP contribution in [-0.2, 0) is 0 Å². The van der Waals surface area contributed by atoms with Gasteiger partial charge in [-0.05, 0) is 38.0 Å². The first-order valence-corrected chi connectivity index (χ1v) is 6.88. The van der Waals surface area contributed by atoms with Gasteiger partial charge in [0.1, 0.15) is 0 Å². The number of rotatable bonds is 3. The van der Waals surface area contributed by atoms with Gasteiger partial charge in [0.2, 0.25) is 6.04 Å². The second-order valence-corrected chi connectivity index (χ2v) is 5.54. The van der Waals surface area contributed by atoms with Crippen LogP contribution in [0.4, 0.5) is 0 Å². The molecule has 0 saturated heterocycles. The van der Waals surface area contributed by atoms with Crippen LogP contribution in [0.1, 0.15) is 51.9 Å². The minimum atomic E-state index is -0.355. The van der Waals surface area contributed by atoms with E-state index in [0.29, 0.717) is 12.8 Å². The molecule has 0 amide bonds. The van der Waals surface area contributed by atoms with Crippen LogP contribution in [-0.4, -0.2) is 17.0 Å². The Morgan fingerprint density at radius 1 is 1.28 bits per heavy atom. The maximum Gasteiger partial charge on any atom is 0.213 e. The van der Waals surface area contributed by atoms with Crippen LogP contribution in [0.25, 0.3) is 0 Å². The quantitative estimate of drug-likeness (QED) is 0.435. The molecule has 0 aromatic carbocycles. The molecule has 1 atom stereocenters. The molecule has 0 aliphatic heterocycles. The largest absolute Gasteiger partial charge is 0.264 e. The molecule has 0 heterocycles. The van der Waals surface area contributed by atoms with Crippen LogP contribution in [0, 0.1) is 16.0 Å². The fourth-order valence-electron chi connectivity index (χ4n) is 2.58. The lowest BCUT2D eigenvalue weighted by atomic mass is 9.92. The molecule has 0 aromatic rings. The van der Waals surface area contributed by atoms with E-state index in [4.69, 9.17) is 0 Å². The summed E-state index contributed by atoms with van der Waals surface area (Å²) >= 11 is 0. The van der Waals surface area contributed by atoms with E-state index in [9.17, 15) is 10.1 Å². The van der Waals surface area contributed by atoms with Crippen LogP contribution < -0.4 is 0 Å². The molecular weight excluding hydrogens is 230 g/mol. The molecule has 2 aliphatic carbocycles. The smallest absolute Gasteiger partial charge is 0.213 e. The summed E-state index contributed by atoms with van der Waals surface area (Å²) in [7, 11) is 0. The van der Waals surface area contributed by atoms with Gasteiger partial charge < -0.3 is 0 Å². The van der Waals surface area contributed by atoms with E-state index in [1.54, 1.807) is 0 Å². The van der Waals surface area contributed by atoms with E-state index in [0.717, 1.165) is 37.3 Å². The fraction of sp³-hybridized carbons (Fsp3) is 0.846. The van der Waals surface area contributed by atoms with Crippen LogP contribution in [0.3, 0.4) is 0 Å². The lowest BCUT2D eigenvalue weighted by Crippen LogP contribution is -2.27. The topological polar surface area (TPSA) is 67.9 Å². The Morgan fingerprint density at radius 3 is 2.56 bits per heavy atom. The summed E-state index contributed by atoms with van der Waals surface area (Å²) in [6, 6.07) is -0.160. The summed E-state index contributed by atoms with van der Waals surface area (Å²) in [5.74, 6) is 0.763. The highest BCUT2D eigenvalue weighted by molar-refractivity contribution is 5.03. The van der Waals surface area contributed by atoms with Crippen LogP contribution >= 0.6 is 0 Å². The van der Waals surface area contributed by atoms with Gasteiger partial charge in [0.05, 0.1) is 11.7 Å². The average molecular weight is 251 g/mol. The predicted octanol–water partition coefficient (Wildman–Crippen LogP) is 3.73. The van der Waals surface area contributed by atoms with Crippen molar-refractivity contribution < 1.29 is 4.92 Å². The van der Waals surface area contributed by atoms with Crippen LogP contribution in [0.15, 0.2) is 22.0 Å². The maximum absolute atomic E-state index is 10.6. The molecule has 0 N–H and O–H groups in total. The average Bonchev–Trinajstić information content (AvgIpc) is 2.38. The summed E-state index contributed by atoms with van der Waals surface area (Å²) in [5.41, 5.74) is 1.10. The molecule has 2 rings (SSSR count). The van der Waals surface area contributed by atoms with Crippen molar-refractivity contribution in [3.63, 3.8) is 0 Å². The van der Waals surface area contributed by atoms with E-state index in [1.165, 1.54) is 6.42 Å². The monoisotopic (exact) mass is 251 g/mol. The van der Waals surface area contributed by atoms with Gasteiger partial charge >= 0.3 is 0 Å². The second kappa shape index (κ2) is 6.07. The zero-order valence-corrected chi connectivity index (χ0v) is 10.9. The van der Waals surface area contributed by atoms with Gasteiger partial charge in [-0.2, -0.15) is 10.2 Å². The standard InChI is InChI=1S/C13H21N3O2/c1-10-2-4-11(5-3-10)14-15-12-6-8-13(9-7-12)16(17)18/h4,10,12-13H,2-3,5-9H2,1H3. The minimum absolute atomic E-state index is 0.154. The first-order valence-electron chi connectivity index (χ1n) is 6.88. The van der Waals surface area contributed by atoms with E-state index in [-0.39, 0.29) is 17.0 Å². The van der Waals surface area contributed by atoms with E-state index < -0.39 is 0 Å². The van der Waals surface area contributed by atoms with Crippen molar-refractivity contribution >= 4 is 0 Å². The van der Waals surface area contributed by atoms with Gasteiger partial charge in [0, 0.05) is 17.8 Å². The highest BCUT2D eigenvalue weighted by Crippen LogP contribution is 2.26. The Morgan fingerprint density at radius 2 is 2.00 bits per heavy atom. The van der Waals surface area contributed by atoms with Crippen LogP contribution in [0.5, 0.6) is 0 Å². The maximum atomic E-state index is 10.6. The third kappa shape index (κ3) is 3.62. The normalized spacial score (nSPS) is 33.4. The number of hydrogen-bond acceptors (Lipinski definition) is 4. The molecular formula is C13H21N3O2. The molecule has 1 fully saturated rings. The Labute approximate surface area is 108 Å². The number of azo groups is 1. The van der Waals surface area contributed by atoms with E-state index in [1.807, 2.05) is 0 Å². The summed E-state index contributed by atoms with van der Waals surface area (Å²) in [4.78, 5) is 10.5. The van der Waals surface area contributed by atoms with Crippen molar-refractivity contribution in [2.75, 3.05) is 0 Å². The van der Waals surface area contributed by atoms with Crippen molar-refractivity contribution in [2.24, 2.45) is 16.1 Å². The molecule has 0 aromatic heterocycles. The first kappa shape index (κ1) is 13.2. The van der Waals surface area contributed by atoms with Crippen molar-refractivity contribution in [2.45, 2.75) is 64.0 Å². The first-order chi connectivity index (χ1) is 8.65. The van der Waals surface area contributed by atoms with Crippen molar-refractivity contribution in [1.29, 1.82) is 0 Å². The number of nitro groups is 1. The lowest BCUT2D eigenvalue weighted by molar-refractivity contribution is -0.526. The highest BCUT2D eigenvalue weighted by atomic mass is 16.6. The SMILES string of the molecule is CC1CC=C(N=NC2CCC([N+](=O)[O-])CC2)CC1. The highest BCUT2D eigenvalue weighted by Gasteiger charge is 2.28. The third-order valence-electron chi connectivity index (χ3n) is 3.96. The molecule has 100 valence electrons. The molecule has 1 unspecified atom stereocenters. The third-order valence-corrected chi connectivity index (χ3v) is 3.96. The number of hydrogen-bond donors (Lipinski definition) is 0. The van der Waals surface area contributed by atoms with E-state index >= 15 is 0 Å². The molecule has 1 saturated carbocycles. The molecule has 0 bridgehead atoms. The fourth-order valence-corrected chi connectivity index (χ4v) is 2.58. The summed E-state index contributed by atoms with van der Waals surface area (Å²) in [6.07, 6.45) is 8.40. The number of nitrogens with zero attached hydrogens (tertiary/aromatic N) is 3. The molecule has 2 aliphatic rings. The van der Waals surface area contributed by atoms with Crippen LogP contribution in [0.2, 0.25) is 0 Å². The van der Waals surface area contributed by atoms with Gasteiger partial charge in [0.15, 0.2) is 0 Å². The summed E-state index contributed by atoms with van der Waals surface area (Å²) in [6.45, 7) is 2.25. The van der Waals surface area contributed by atoms with Gasteiger partial charge in [-0.3, -0.25) is 10.1 Å². The summed E-state index contributed by atoms with van der Waals surface area (Å²) in [5, 5.41) is 19.3. The van der Waals surface area contributed by atoms with Gasteiger partial charge in [-0.1, -0.05) is 13.0 Å². The Kier molecular flexibility index (Phi) is 4.44. The molecule has 0 radical (unpaired) electrons. The molecule has 5 heteroatoms. The molecule has 0 spiro atoms. The number of allylic oxidation sites excluding steroid dienone is 2. The molecule has 18 heavy (non-hydrogen) atoms. The zero-order chi connectivity index (χ0) is 13.0. The minimum Gasteiger partial charge on any atom is -0.264 e. The van der Waals surface area contributed by atoms with Gasteiger partial charge in [0.25, 0.3) is 0 Å². The second-order valence-electron chi connectivity index (χ2n) is 5.54. The Bertz CT molecular complexity index is 357. The Balaban J connectivity index is 1.79. The zero-order valence-electron chi connectivity index (χ0n) is 10.9. The van der Waals surface area contributed by atoms with Gasteiger partial charge in [-0.15, -0.1) is 0 Å². The van der Waals surface area contributed by atoms with E-state index in [2.05, 4.69) is 23.2 Å². The summed E-state index contributed by atoms with van der Waals surface area (Å²) < 4.78 is 0. The van der Waals surface area contributed by atoms with Gasteiger partial charge in [-0.25, -0.2) is 0 Å². The van der Waals surface area contributed by atoms with Crippen molar-refractivity contribution in [3.05, 3.63) is 21.9 Å². The molecule has 5 nitrogen and oxygen atoms in total. The van der Waals surface area contributed by atoms with Crippen molar-refractivity contribution in [1.82, 2.24) is 0 Å². The Hall–Kier alpha value is -1.26. The predicted molar refractivity (Wildman–Crippen MR) is 69.0 cm³/mol. The lowest BCUT2D eigenvalue weighted by Gasteiger charge is -2.20. The van der Waals surface area contributed by atoms with Crippen molar-refractivity contribution in [3.8, 4) is 0 Å².